The summed E-state index contributed by atoms with van der Waals surface area (Å²) >= 11 is 2.88. The van der Waals surface area contributed by atoms with Gasteiger partial charge in [0.25, 0.3) is 0 Å². The van der Waals surface area contributed by atoms with E-state index in [2.05, 4.69) is 11.9 Å². The van der Waals surface area contributed by atoms with Crippen molar-refractivity contribution in [3.63, 3.8) is 0 Å². The highest BCUT2D eigenvalue weighted by Gasteiger charge is 2.73. The molecular weight excluding hydrogens is 398 g/mol. The molecule has 6 rings (SSSR count). The summed E-state index contributed by atoms with van der Waals surface area (Å²) in [5.41, 5.74) is 1.02. The van der Waals surface area contributed by atoms with Crippen LogP contribution in [0.2, 0.25) is 0 Å². The first-order chi connectivity index (χ1) is 13.4. The van der Waals surface area contributed by atoms with E-state index in [9.17, 15) is 19.5 Å². The molecule has 7 atom stereocenters. The number of hydrogen-bond donors (Lipinski definition) is 2. The zero-order valence-electron chi connectivity index (χ0n) is 14.9. The number of thiazole rings is 1. The Morgan fingerprint density at radius 3 is 2.61 bits per heavy atom. The fourth-order valence-corrected chi connectivity index (χ4v) is 9.23. The number of benzene rings is 1. The van der Waals surface area contributed by atoms with E-state index in [-0.39, 0.29) is 62.8 Å². The average molecular weight is 415 g/mol. The normalized spacial score (nSPS) is 40.2. The second-order valence-electron chi connectivity index (χ2n) is 8.39. The minimum absolute atomic E-state index is 0.0487. The van der Waals surface area contributed by atoms with Gasteiger partial charge >= 0.3 is 16.8 Å². The van der Waals surface area contributed by atoms with E-state index in [1.54, 1.807) is 23.9 Å². The van der Waals surface area contributed by atoms with Crippen LogP contribution in [-0.2, 0) is 14.3 Å². The van der Waals surface area contributed by atoms with Crippen molar-refractivity contribution in [2.75, 3.05) is 0 Å². The van der Waals surface area contributed by atoms with Crippen molar-refractivity contribution in [1.82, 2.24) is 4.98 Å². The summed E-state index contributed by atoms with van der Waals surface area (Å²) < 4.78 is 4.75. The Hall–Kier alpha value is -2.06. The number of ether oxygens (including phenoxy) is 1. The Morgan fingerprint density at radius 1 is 1.14 bits per heavy atom. The van der Waals surface area contributed by atoms with Crippen molar-refractivity contribution in [3.05, 3.63) is 44.4 Å². The number of carbonyl (C=O) groups excluding carboxylic acids is 2. The number of thioether (sulfide) groups is 1. The number of phenolic OH excluding ortho intramolecular Hbond substituents is 1. The first-order valence-corrected chi connectivity index (χ1v) is 11.0. The summed E-state index contributed by atoms with van der Waals surface area (Å²) in [5, 5.41) is 10.6. The number of aromatic amines is 1. The molecule has 2 bridgehead atoms. The molecule has 2 aliphatic heterocycles. The molecule has 3 fully saturated rings. The lowest BCUT2D eigenvalue weighted by atomic mass is 9.63. The van der Waals surface area contributed by atoms with Gasteiger partial charge in [-0.05, 0) is 48.8 Å². The van der Waals surface area contributed by atoms with Gasteiger partial charge in [-0.1, -0.05) is 23.5 Å². The second kappa shape index (κ2) is 5.30. The van der Waals surface area contributed by atoms with Crippen LogP contribution in [0.3, 0.4) is 0 Å². The quantitative estimate of drug-likeness (QED) is 0.549. The second-order valence-corrected chi connectivity index (χ2v) is 10.9. The number of esters is 2. The van der Waals surface area contributed by atoms with Crippen molar-refractivity contribution >= 4 is 35.0 Å². The van der Waals surface area contributed by atoms with Crippen molar-refractivity contribution < 1.29 is 19.4 Å². The largest absolute Gasteiger partial charge is 0.508 e. The summed E-state index contributed by atoms with van der Waals surface area (Å²) in [6.45, 7) is 2.17. The van der Waals surface area contributed by atoms with Gasteiger partial charge in [-0.2, -0.15) is 0 Å². The van der Waals surface area contributed by atoms with Crippen LogP contribution in [0, 0.1) is 29.6 Å². The lowest BCUT2D eigenvalue weighted by molar-refractivity contribution is -0.154. The highest BCUT2D eigenvalue weighted by Crippen LogP contribution is 2.73. The van der Waals surface area contributed by atoms with E-state index >= 15 is 0 Å². The third-order valence-corrected chi connectivity index (χ3v) is 9.91. The maximum Gasteiger partial charge on any atom is 0.317 e. The molecule has 28 heavy (non-hydrogen) atoms. The molecule has 3 heterocycles. The number of phenols is 1. The molecule has 144 valence electrons. The molecule has 0 spiro atoms. The average Bonchev–Trinajstić information content (AvgIpc) is 3.34. The highest BCUT2D eigenvalue weighted by molar-refractivity contribution is 8.00. The van der Waals surface area contributed by atoms with Crippen molar-refractivity contribution in [1.29, 1.82) is 0 Å². The van der Waals surface area contributed by atoms with E-state index in [1.165, 1.54) is 11.3 Å². The molecule has 2 N–H and O–H groups in total. The van der Waals surface area contributed by atoms with E-state index < -0.39 is 0 Å². The molecule has 0 amide bonds. The number of fused-ring (bicyclic) bond motifs is 9. The number of nitrogens with one attached hydrogen (secondary N) is 1. The molecule has 0 radical (unpaired) electrons. The lowest BCUT2D eigenvalue weighted by Crippen LogP contribution is -2.50. The molecule has 1 saturated heterocycles. The number of cyclic esters (lactones) is 2. The van der Waals surface area contributed by atoms with Gasteiger partial charge in [0.15, 0.2) is 0 Å². The van der Waals surface area contributed by atoms with Crippen LogP contribution in [0.1, 0.15) is 29.7 Å². The maximum atomic E-state index is 12.4. The van der Waals surface area contributed by atoms with Gasteiger partial charge in [-0.3, -0.25) is 14.4 Å². The number of aromatic hydroxyl groups is 1. The Balaban J connectivity index is 1.56. The smallest absolute Gasteiger partial charge is 0.317 e. The van der Waals surface area contributed by atoms with Crippen molar-refractivity contribution in [2.45, 2.75) is 29.0 Å². The molecule has 2 aliphatic carbocycles. The fourth-order valence-electron chi connectivity index (χ4n) is 6.36. The zero-order chi connectivity index (χ0) is 19.4. The standard InChI is InChI=1S/C20H17NO5S2/c1-20-10-6-9(12-13(10)18(24)26-17(12)23)14(20)11(7-2-4-8(22)5-3-7)15-16(28-20)21-19(25)27-15/h2-5,9-14,22H,6H2,1H3,(H,21,25)/t9-,10-,11+,12-,13+,14-,20+/m0/s1. The number of carbonyl (C=O) groups is 2. The summed E-state index contributed by atoms with van der Waals surface area (Å²) in [7, 11) is 0. The zero-order valence-corrected chi connectivity index (χ0v) is 16.5. The first kappa shape index (κ1) is 16.9. The highest BCUT2D eigenvalue weighted by atomic mass is 32.2. The maximum absolute atomic E-state index is 12.4. The first-order valence-electron chi connectivity index (χ1n) is 9.35. The predicted molar refractivity (Wildman–Crippen MR) is 102 cm³/mol. The van der Waals surface area contributed by atoms with Crippen LogP contribution in [0.5, 0.6) is 5.75 Å². The van der Waals surface area contributed by atoms with Crippen LogP contribution in [-0.4, -0.2) is 26.8 Å². The summed E-state index contributed by atoms with van der Waals surface area (Å²) in [6, 6.07) is 7.11. The Morgan fingerprint density at radius 2 is 1.86 bits per heavy atom. The van der Waals surface area contributed by atoms with Gasteiger partial charge in [0.2, 0.25) is 0 Å². The number of aromatic nitrogens is 1. The molecular formula is C20H17NO5S2. The van der Waals surface area contributed by atoms with Gasteiger partial charge in [0.1, 0.15) is 5.75 Å². The van der Waals surface area contributed by atoms with Crippen LogP contribution >= 0.6 is 23.1 Å². The summed E-state index contributed by atoms with van der Waals surface area (Å²) in [6.07, 6.45) is 0.831. The molecule has 1 aromatic carbocycles. The van der Waals surface area contributed by atoms with Gasteiger partial charge < -0.3 is 14.8 Å². The molecule has 2 aromatic rings. The van der Waals surface area contributed by atoms with E-state index in [0.717, 1.165) is 21.9 Å². The SMILES string of the molecule is C[C@]12Sc3[nH]c(=O)sc3[C@H](c3ccc(O)cc3)[C@@H]1[C@H]1C[C@H]2[C@H]2C(=O)OC(=O)[C@@H]12. The Labute approximate surface area is 168 Å². The van der Waals surface area contributed by atoms with Crippen LogP contribution in [0.15, 0.2) is 34.1 Å². The van der Waals surface area contributed by atoms with Crippen LogP contribution in [0.25, 0.3) is 0 Å². The monoisotopic (exact) mass is 415 g/mol. The van der Waals surface area contributed by atoms with E-state index in [0.29, 0.717) is 0 Å². The minimum Gasteiger partial charge on any atom is -0.508 e. The van der Waals surface area contributed by atoms with E-state index in [1.807, 2.05) is 12.1 Å². The number of hydrogen-bond acceptors (Lipinski definition) is 7. The van der Waals surface area contributed by atoms with Crippen LogP contribution in [0.4, 0.5) is 0 Å². The third-order valence-electron chi connectivity index (χ3n) is 7.27. The van der Waals surface area contributed by atoms with Gasteiger partial charge in [0.05, 0.1) is 16.9 Å². The van der Waals surface area contributed by atoms with Gasteiger partial charge in [-0.25, -0.2) is 0 Å². The molecule has 1 aromatic heterocycles. The molecule has 8 heteroatoms. The summed E-state index contributed by atoms with van der Waals surface area (Å²) in [4.78, 5) is 40.9. The molecule has 2 saturated carbocycles. The van der Waals surface area contributed by atoms with Gasteiger partial charge in [-0.15, -0.1) is 11.8 Å². The van der Waals surface area contributed by atoms with E-state index in [4.69, 9.17) is 4.74 Å². The fraction of sp³-hybridized carbons (Fsp3) is 0.450. The predicted octanol–water partition coefficient (Wildman–Crippen LogP) is 2.72. The summed E-state index contributed by atoms with van der Waals surface area (Å²) in [5.74, 6) is -1.14. The molecule has 6 nitrogen and oxygen atoms in total. The molecule has 0 unspecified atom stereocenters. The minimum atomic E-state index is -0.382. The topological polar surface area (TPSA) is 96.5 Å². The van der Waals surface area contributed by atoms with Crippen molar-refractivity contribution in [3.8, 4) is 5.75 Å². The van der Waals surface area contributed by atoms with Gasteiger partial charge in [0, 0.05) is 15.5 Å². The molecule has 4 aliphatic rings. The third kappa shape index (κ3) is 1.92. The van der Waals surface area contributed by atoms with Crippen LogP contribution < -0.4 is 4.87 Å². The number of rotatable bonds is 1. The Kier molecular flexibility index (Phi) is 3.19. The lowest BCUT2D eigenvalue weighted by Gasteiger charge is -2.49. The number of H-pyrrole nitrogens is 1. The Bertz CT molecular complexity index is 1090. The van der Waals surface area contributed by atoms with Crippen molar-refractivity contribution in [2.24, 2.45) is 29.6 Å².